The summed E-state index contributed by atoms with van der Waals surface area (Å²) in [5.74, 6) is 0.414. The zero-order chi connectivity index (χ0) is 10.3. The molecule has 78 valence electrons. The van der Waals surface area contributed by atoms with Crippen molar-refractivity contribution >= 4 is 17.7 Å². The average molecular weight is 207 g/mol. The van der Waals surface area contributed by atoms with Crippen molar-refractivity contribution in [1.29, 1.82) is 0 Å². The molecule has 0 spiro atoms. The van der Waals surface area contributed by atoms with E-state index in [0.29, 0.717) is 6.42 Å². The molecule has 0 saturated heterocycles. The van der Waals surface area contributed by atoms with Crippen LogP contribution in [0.1, 0.15) is 20.3 Å². The number of hydroxylamine groups is 1. The number of carbonyl (C=O) groups excluding carboxylic acids is 1. The summed E-state index contributed by atoms with van der Waals surface area (Å²) in [6, 6.07) is -0.602. The molecular weight excluding hydrogens is 190 g/mol. The summed E-state index contributed by atoms with van der Waals surface area (Å²) in [5, 5.41) is 8.68. The van der Waals surface area contributed by atoms with Crippen molar-refractivity contribution in [3.8, 4) is 0 Å². The maximum atomic E-state index is 11.2. The van der Waals surface area contributed by atoms with Crippen molar-refractivity contribution in [2.75, 3.05) is 12.0 Å². The van der Waals surface area contributed by atoms with Crippen molar-refractivity contribution in [3.63, 3.8) is 0 Å². The van der Waals surface area contributed by atoms with Crippen LogP contribution in [-0.4, -0.2) is 35.3 Å². The normalized spacial score (nSPS) is 13.0. The SMILES string of the molecule is CSCC[C@H](NO)C(=O)OC(C)C. The monoisotopic (exact) mass is 207 g/mol. The molecule has 2 N–H and O–H groups in total. The van der Waals surface area contributed by atoms with Gasteiger partial charge in [0, 0.05) is 0 Å². The molecule has 0 heterocycles. The molecule has 0 fully saturated rings. The van der Waals surface area contributed by atoms with Crippen LogP contribution in [0, 0.1) is 0 Å². The topological polar surface area (TPSA) is 58.6 Å². The first kappa shape index (κ1) is 12.7. The molecule has 5 heteroatoms. The lowest BCUT2D eigenvalue weighted by Gasteiger charge is -2.15. The highest BCUT2D eigenvalue weighted by Crippen LogP contribution is 2.03. The van der Waals surface area contributed by atoms with E-state index >= 15 is 0 Å². The van der Waals surface area contributed by atoms with Gasteiger partial charge in [-0.05, 0) is 32.3 Å². The Bertz CT molecular complexity index is 152. The molecule has 0 rings (SSSR count). The first-order chi connectivity index (χ1) is 6.11. The van der Waals surface area contributed by atoms with Crippen LogP contribution in [0.2, 0.25) is 0 Å². The Hall–Kier alpha value is -0.260. The molecule has 1 atom stereocenters. The molecule has 0 aliphatic heterocycles. The van der Waals surface area contributed by atoms with Crippen LogP contribution in [-0.2, 0) is 9.53 Å². The Labute approximate surface area is 83.0 Å². The maximum Gasteiger partial charge on any atom is 0.325 e. The predicted molar refractivity (Wildman–Crippen MR) is 52.9 cm³/mol. The van der Waals surface area contributed by atoms with E-state index in [0.717, 1.165) is 5.75 Å². The van der Waals surface area contributed by atoms with Crippen molar-refractivity contribution in [2.24, 2.45) is 0 Å². The molecule has 0 aromatic heterocycles. The second kappa shape index (κ2) is 7.17. The van der Waals surface area contributed by atoms with Crippen LogP contribution in [0.15, 0.2) is 0 Å². The third kappa shape index (κ3) is 5.90. The summed E-state index contributed by atoms with van der Waals surface area (Å²) in [6.45, 7) is 3.56. The zero-order valence-electron chi connectivity index (χ0n) is 8.24. The Morgan fingerprint density at radius 2 is 2.23 bits per heavy atom. The van der Waals surface area contributed by atoms with Gasteiger partial charge in [0.25, 0.3) is 0 Å². The van der Waals surface area contributed by atoms with Gasteiger partial charge in [-0.3, -0.25) is 4.79 Å². The molecular formula is C8H17NO3S. The fourth-order valence-corrected chi connectivity index (χ4v) is 1.26. The van der Waals surface area contributed by atoms with Gasteiger partial charge in [0.2, 0.25) is 0 Å². The molecule has 0 aromatic carbocycles. The third-order valence-electron chi connectivity index (χ3n) is 1.40. The van der Waals surface area contributed by atoms with Crippen LogP contribution in [0.3, 0.4) is 0 Å². The summed E-state index contributed by atoms with van der Waals surface area (Å²) in [6.07, 6.45) is 2.38. The first-order valence-electron chi connectivity index (χ1n) is 4.20. The number of esters is 1. The lowest BCUT2D eigenvalue weighted by atomic mass is 10.2. The summed E-state index contributed by atoms with van der Waals surface area (Å²) in [7, 11) is 0. The maximum absolute atomic E-state index is 11.2. The van der Waals surface area contributed by atoms with E-state index in [1.807, 2.05) is 11.7 Å². The lowest BCUT2D eigenvalue weighted by Crippen LogP contribution is -2.37. The molecule has 0 aliphatic rings. The summed E-state index contributed by atoms with van der Waals surface area (Å²) in [5.41, 5.74) is 1.95. The van der Waals surface area contributed by atoms with Gasteiger partial charge in [-0.1, -0.05) is 0 Å². The largest absolute Gasteiger partial charge is 0.462 e. The minimum atomic E-state index is -0.602. The number of hydrogen-bond acceptors (Lipinski definition) is 5. The zero-order valence-corrected chi connectivity index (χ0v) is 9.06. The number of rotatable bonds is 6. The van der Waals surface area contributed by atoms with Crippen LogP contribution < -0.4 is 5.48 Å². The Morgan fingerprint density at radius 3 is 2.62 bits per heavy atom. The van der Waals surface area contributed by atoms with E-state index in [9.17, 15) is 4.79 Å². The average Bonchev–Trinajstić information content (AvgIpc) is 2.04. The standard InChI is InChI=1S/C8H17NO3S/c1-6(2)12-8(10)7(9-11)4-5-13-3/h6-7,9,11H,4-5H2,1-3H3/t7-/m0/s1. The van der Waals surface area contributed by atoms with Crippen LogP contribution >= 0.6 is 11.8 Å². The molecule has 0 saturated carbocycles. The number of carbonyl (C=O) groups is 1. The van der Waals surface area contributed by atoms with Crippen molar-refractivity contribution in [2.45, 2.75) is 32.4 Å². The molecule has 13 heavy (non-hydrogen) atoms. The fourth-order valence-electron chi connectivity index (χ4n) is 0.785. The Kier molecular flexibility index (Phi) is 7.03. The Balaban J connectivity index is 3.84. The van der Waals surface area contributed by atoms with Gasteiger partial charge in [-0.15, -0.1) is 0 Å². The van der Waals surface area contributed by atoms with Gasteiger partial charge in [0.15, 0.2) is 0 Å². The highest BCUT2D eigenvalue weighted by atomic mass is 32.2. The summed E-state index contributed by atoms with van der Waals surface area (Å²) < 4.78 is 4.93. The van der Waals surface area contributed by atoms with E-state index < -0.39 is 12.0 Å². The van der Waals surface area contributed by atoms with E-state index in [2.05, 4.69) is 0 Å². The first-order valence-corrected chi connectivity index (χ1v) is 5.60. The van der Waals surface area contributed by atoms with Gasteiger partial charge in [0.05, 0.1) is 6.10 Å². The van der Waals surface area contributed by atoms with Gasteiger partial charge >= 0.3 is 5.97 Å². The number of ether oxygens (including phenoxy) is 1. The van der Waals surface area contributed by atoms with Gasteiger partial charge in [0.1, 0.15) is 6.04 Å². The minimum absolute atomic E-state index is 0.141. The van der Waals surface area contributed by atoms with Crippen LogP contribution in [0.4, 0.5) is 0 Å². The minimum Gasteiger partial charge on any atom is -0.462 e. The van der Waals surface area contributed by atoms with E-state index in [1.54, 1.807) is 25.6 Å². The molecule has 0 unspecified atom stereocenters. The highest BCUT2D eigenvalue weighted by molar-refractivity contribution is 7.98. The van der Waals surface area contributed by atoms with Gasteiger partial charge in [-0.25, -0.2) is 0 Å². The van der Waals surface area contributed by atoms with Crippen LogP contribution in [0.5, 0.6) is 0 Å². The van der Waals surface area contributed by atoms with Crippen LogP contribution in [0.25, 0.3) is 0 Å². The fraction of sp³-hybridized carbons (Fsp3) is 0.875. The Morgan fingerprint density at radius 1 is 1.62 bits per heavy atom. The molecule has 0 radical (unpaired) electrons. The highest BCUT2D eigenvalue weighted by Gasteiger charge is 2.19. The predicted octanol–water partition coefficient (Wildman–Crippen LogP) is 1.04. The number of hydrogen-bond donors (Lipinski definition) is 2. The quantitative estimate of drug-likeness (QED) is 0.503. The van der Waals surface area contributed by atoms with Gasteiger partial charge < -0.3 is 9.94 Å². The third-order valence-corrected chi connectivity index (χ3v) is 2.05. The smallest absolute Gasteiger partial charge is 0.325 e. The number of thioether (sulfide) groups is 1. The van der Waals surface area contributed by atoms with Gasteiger partial charge in [-0.2, -0.15) is 17.2 Å². The lowest BCUT2D eigenvalue weighted by molar-refractivity contribution is -0.152. The second-order valence-corrected chi connectivity index (χ2v) is 3.93. The van der Waals surface area contributed by atoms with E-state index in [4.69, 9.17) is 9.94 Å². The molecule has 0 aromatic rings. The van der Waals surface area contributed by atoms with Crippen molar-refractivity contribution in [1.82, 2.24) is 5.48 Å². The summed E-state index contributed by atoms with van der Waals surface area (Å²) >= 11 is 1.62. The molecule has 0 aliphatic carbocycles. The molecule has 0 bridgehead atoms. The second-order valence-electron chi connectivity index (χ2n) is 2.95. The van der Waals surface area contributed by atoms with E-state index in [-0.39, 0.29) is 6.10 Å². The number of nitrogens with one attached hydrogen (secondary N) is 1. The molecule has 0 amide bonds. The van der Waals surface area contributed by atoms with Crippen molar-refractivity contribution < 1.29 is 14.7 Å². The molecule has 4 nitrogen and oxygen atoms in total. The van der Waals surface area contributed by atoms with E-state index in [1.165, 1.54) is 0 Å². The van der Waals surface area contributed by atoms with Crippen molar-refractivity contribution in [3.05, 3.63) is 0 Å². The summed E-state index contributed by atoms with van der Waals surface area (Å²) in [4.78, 5) is 11.2.